The van der Waals surface area contributed by atoms with Gasteiger partial charge in [0.15, 0.2) is 5.82 Å². The van der Waals surface area contributed by atoms with Gasteiger partial charge in [-0.25, -0.2) is 9.37 Å². The first-order valence-electron chi connectivity index (χ1n) is 9.41. The first-order chi connectivity index (χ1) is 13.0. The maximum Gasteiger partial charge on any atom is 0.266 e. The van der Waals surface area contributed by atoms with Crippen molar-refractivity contribution in [3.8, 4) is 5.69 Å². The summed E-state index contributed by atoms with van der Waals surface area (Å²) in [6.45, 7) is 4.05. The predicted molar refractivity (Wildman–Crippen MR) is 105 cm³/mol. The smallest absolute Gasteiger partial charge is 0.266 e. The van der Waals surface area contributed by atoms with Crippen LogP contribution in [0.4, 0.5) is 4.39 Å². The molecule has 6 heteroatoms. The third-order valence-corrected chi connectivity index (χ3v) is 4.75. The third kappa shape index (κ3) is 4.23. The summed E-state index contributed by atoms with van der Waals surface area (Å²) in [5.74, 6) is 0.385. The molecule has 2 aromatic carbocycles. The van der Waals surface area contributed by atoms with Crippen LogP contribution in [0.2, 0.25) is 0 Å². The molecule has 0 fully saturated rings. The Bertz CT molecular complexity index is 966. The Morgan fingerprint density at radius 2 is 1.85 bits per heavy atom. The van der Waals surface area contributed by atoms with Gasteiger partial charge in [-0.15, -0.1) is 0 Å². The molecule has 5 nitrogen and oxygen atoms in total. The number of nitrogens with two attached hydrogens (primary N) is 1. The first-order valence-corrected chi connectivity index (χ1v) is 9.41. The van der Waals surface area contributed by atoms with E-state index in [-0.39, 0.29) is 17.4 Å². The Kier molecular flexibility index (Phi) is 5.98. The minimum Gasteiger partial charge on any atom is -0.335 e. The number of hydrogen-bond acceptors (Lipinski definition) is 2. The minimum absolute atomic E-state index is 0.0479. The normalized spacial score (nSPS) is 12.6. The SMILES string of the molecule is CC[C@@H]([NH2+]CC[NH+](C)C)c1nc2ccccc2c(=O)n1-c1ccc(F)cc1. The van der Waals surface area contributed by atoms with Crippen LogP contribution in [0.15, 0.2) is 53.3 Å². The maximum atomic E-state index is 13.4. The molecule has 0 saturated carbocycles. The monoisotopic (exact) mass is 370 g/mol. The highest BCUT2D eigenvalue weighted by molar-refractivity contribution is 5.77. The second-order valence-corrected chi connectivity index (χ2v) is 7.10. The number of likely N-dealkylation sites (N-methyl/N-ethyl adjacent to an activating group) is 1. The van der Waals surface area contributed by atoms with E-state index in [0.29, 0.717) is 22.4 Å². The molecule has 1 aromatic heterocycles. The number of halogens is 1. The fourth-order valence-corrected chi connectivity index (χ4v) is 3.27. The number of nitrogens with one attached hydrogen (secondary N) is 1. The number of para-hydroxylation sites is 1. The van der Waals surface area contributed by atoms with Crippen LogP contribution in [-0.4, -0.2) is 36.7 Å². The molecule has 3 rings (SSSR count). The van der Waals surface area contributed by atoms with Crippen LogP contribution in [0.25, 0.3) is 16.6 Å². The minimum atomic E-state index is -0.324. The van der Waals surface area contributed by atoms with Crippen LogP contribution in [0, 0.1) is 5.82 Å². The molecule has 0 aliphatic carbocycles. The van der Waals surface area contributed by atoms with Gasteiger partial charge in [-0.2, -0.15) is 0 Å². The Labute approximate surface area is 158 Å². The van der Waals surface area contributed by atoms with Crippen molar-refractivity contribution in [2.75, 3.05) is 27.2 Å². The first kappa shape index (κ1) is 19.2. The fourth-order valence-electron chi connectivity index (χ4n) is 3.27. The number of hydrogen-bond donors (Lipinski definition) is 2. The van der Waals surface area contributed by atoms with Crippen molar-refractivity contribution in [2.45, 2.75) is 19.4 Å². The van der Waals surface area contributed by atoms with E-state index < -0.39 is 0 Å². The van der Waals surface area contributed by atoms with Crippen LogP contribution in [0.5, 0.6) is 0 Å². The van der Waals surface area contributed by atoms with Crippen LogP contribution >= 0.6 is 0 Å². The number of fused-ring (bicyclic) bond motifs is 1. The van der Waals surface area contributed by atoms with E-state index in [4.69, 9.17) is 4.98 Å². The predicted octanol–water partition coefficient (Wildman–Crippen LogP) is 0.684. The average Bonchev–Trinajstić information content (AvgIpc) is 2.66. The molecule has 0 radical (unpaired) electrons. The number of benzene rings is 2. The summed E-state index contributed by atoms with van der Waals surface area (Å²) in [6, 6.07) is 13.4. The summed E-state index contributed by atoms with van der Waals surface area (Å²) < 4.78 is 15.0. The van der Waals surface area contributed by atoms with Gasteiger partial charge >= 0.3 is 0 Å². The van der Waals surface area contributed by atoms with Crippen molar-refractivity contribution in [3.05, 3.63) is 70.5 Å². The lowest BCUT2D eigenvalue weighted by atomic mass is 10.1. The quantitative estimate of drug-likeness (QED) is 0.643. The fraction of sp³-hybridized carbons (Fsp3) is 0.333. The lowest BCUT2D eigenvalue weighted by molar-refractivity contribution is -0.877. The number of quaternary nitrogens is 2. The van der Waals surface area contributed by atoms with Gasteiger partial charge in [0, 0.05) is 6.42 Å². The molecule has 0 spiro atoms. The molecule has 27 heavy (non-hydrogen) atoms. The van der Waals surface area contributed by atoms with Crippen LogP contribution < -0.4 is 15.8 Å². The van der Waals surface area contributed by atoms with E-state index in [1.54, 1.807) is 22.8 Å². The molecule has 3 aromatic rings. The van der Waals surface area contributed by atoms with E-state index in [1.165, 1.54) is 17.0 Å². The van der Waals surface area contributed by atoms with Gasteiger partial charge in [-0.1, -0.05) is 19.1 Å². The highest BCUT2D eigenvalue weighted by atomic mass is 19.1. The molecule has 0 aliphatic heterocycles. The lowest BCUT2D eigenvalue weighted by Gasteiger charge is -2.19. The molecule has 0 amide bonds. The van der Waals surface area contributed by atoms with Gasteiger partial charge in [-0.05, 0) is 36.4 Å². The molecule has 0 saturated heterocycles. The van der Waals surface area contributed by atoms with Crippen molar-refractivity contribution < 1.29 is 14.6 Å². The molecule has 0 bridgehead atoms. The molecule has 0 unspecified atom stereocenters. The zero-order valence-corrected chi connectivity index (χ0v) is 16.1. The molecular formula is C21H27FN4O+2. The van der Waals surface area contributed by atoms with Crippen LogP contribution in [0.3, 0.4) is 0 Å². The highest BCUT2D eigenvalue weighted by Crippen LogP contribution is 2.18. The Balaban J connectivity index is 2.15. The van der Waals surface area contributed by atoms with E-state index in [9.17, 15) is 9.18 Å². The van der Waals surface area contributed by atoms with Gasteiger partial charge in [-0.3, -0.25) is 9.36 Å². The summed E-state index contributed by atoms with van der Waals surface area (Å²) in [6.07, 6.45) is 0.842. The van der Waals surface area contributed by atoms with Crippen molar-refractivity contribution in [2.24, 2.45) is 0 Å². The van der Waals surface area contributed by atoms with Gasteiger partial charge in [0.1, 0.15) is 24.9 Å². The molecule has 3 N–H and O–H groups in total. The van der Waals surface area contributed by atoms with Crippen molar-refractivity contribution in [3.63, 3.8) is 0 Å². The molecular weight excluding hydrogens is 343 g/mol. The summed E-state index contributed by atoms with van der Waals surface area (Å²) in [7, 11) is 4.25. The van der Waals surface area contributed by atoms with Gasteiger partial charge in [0.25, 0.3) is 5.56 Å². The standard InChI is InChI=1S/C21H25FN4O/c1-4-18(23-13-14-25(2)3)20-24-19-8-6-5-7-17(19)21(27)26(20)16-11-9-15(22)10-12-16/h5-12,18,23H,4,13-14H2,1-3H3/p+2/t18-/m1/s1. The molecule has 1 atom stereocenters. The van der Waals surface area contributed by atoms with Gasteiger partial charge in [0.2, 0.25) is 0 Å². The molecule has 1 heterocycles. The van der Waals surface area contributed by atoms with Gasteiger partial charge < -0.3 is 10.2 Å². The summed E-state index contributed by atoms with van der Waals surface area (Å²) in [4.78, 5) is 19.5. The van der Waals surface area contributed by atoms with Crippen molar-refractivity contribution in [1.29, 1.82) is 0 Å². The van der Waals surface area contributed by atoms with Crippen molar-refractivity contribution in [1.82, 2.24) is 9.55 Å². The third-order valence-electron chi connectivity index (χ3n) is 4.75. The number of rotatable bonds is 7. The Hall–Kier alpha value is -2.57. The zero-order chi connectivity index (χ0) is 19.4. The molecule has 0 aliphatic rings. The summed E-state index contributed by atoms with van der Waals surface area (Å²) in [5, 5.41) is 2.81. The highest BCUT2D eigenvalue weighted by Gasteiger charge is 2.22. The second kappa shape index (κ2) is 8.41. The van der Waals surface area contributed by atoms with E-state index >= 15 is 0 Å². The summed E-state index contributed by atoms with van der Waals surface area (Å²) >= 11 is 0. The van der Waals surface area contributed by atoms with Crippen molar-refractivity contribution >= 4 is 10.9 Å². The van der Waals surface area contributed by atoms with E-state index in [0.717, 1.165) is 19.5 Å². The van der Waals surface area contributed by atoms with Crippen LogP contribution in [0.1, 0.15) is 25.2 Å². The average molecular weight is 370 g/mol. The summed E-state index contributed by atoms with van der Waals surface area (Å²) in [5.41, 5.74) is 1.22. The Morgan fingerprint density at radius 3 is 2.52 bits per heavy atom. The van der Waals surface area contributed by atoms with Gasteiger partial charge in [0.05, 0.1) is 30.7 Å². The second-order valence-electron chi connectivity index (χ2n) is 7.10. The number of nitrogens with zero attached hydrogens (tertiary/aromatic N) is 2. The lowest BCUT2D eigenvalue weighted by Crippen LogP contribution is -3.09. The largest absolute Gasteiger partial charge is 0.335 e. The van der Waals surface area contributed by atoms with E-state index in [2.05, 4.69) is 26.3 Å². The maximum absolute atomic E-state index is 13.4. The zero-order valence-electron chi connectivity index (χ0n) is 16.1. The molecule has 142 valence electrons. The Morgan fingerprint density at radius 1 is 1.15 bits per heavy atom. The van der Waals surface area contributed by atoms with E-state index in [1.807, 2.05) is 18.2 Å². The topological polar surface area (TPSA) is 55.9 Å². The number of aromatic nitrogens is 2. The van der Waals surface area contributed by atoms with Crippen LogP contribution in [-0.2, 0) is 0 Å².